The number of amides is 2. The van der Waals surface area contributed by atoms with Crippen LogP contribution >= 0.6 is 11.3 Å². The van der Waals surface area contributed by atoms with Crippen LogP contribution in [0.15, 0.2) is 59.4 Å². The molecule has 2 amide bonds. The molecule has 1 saturated heterocycles. The molecule has 220 valence electrons. The van der Waals surface area contributed by atoms with E-state index in [0.29, 0.717) is 27.9 Å². The molecule has 4 N–H and O–H groups in total. The number of aromatic nitrogens is 1. The van der Waals surface area contributed by atoms with Gasteiger partial charge in [-0.25, -0.2) is 0 Å². The zero-order chi connectivity index (χ0) is 29.9. The first-order valence-electron chi connectivity index (χ1n) is 14.1. The number of nitriles is 1. The molecule has 2 heterocycles. The van der Waals surface area contributed by atoms with Gasteiger partial charge in [-0.2, -0.15) is 5.26 Å². The highest BCUT2D eigenvalue weighted by Gasteiger charge is 2.20. The number of nitrogens with one attached hydrogen (secondary N) is 3. The molecule has 4 rings (SSSR count). The van der Waals surface area contributed by atoms with E-state index in [9.17, 15) is 24.8 Å². The Labute approximate surface area is 248 Å². The van der Waals surface area contributed by atoms with Crippen molar-refractivity contribution in [2.75, 3.05) is 38.1 Å². The molecule has 2 aromatic carbocycles. The van der Waals surface area contributed by atoms with Gasteiger partial charge in [0.05, 0.1) is 12.6 Å². The van der Waals surface area contributed by atoms with Crippen LogP contribution in [0.2, 0.25) is 0 Å². The molecule has 3 aromatic rings. The van der Waals surface area contributed by atoms with Crippen molar-refractivity contribution in [3.05, 3.63) is 85.3 Å². The third-order valence-electron chi connectivity index (χ3n) is 7.10. The smallest absolute Gasteiger partial charge is 0.270 e. The van der Waals surface area contributed by atoms with Crippen LogP contribution in [-0.4, -0.2) is 59.2 Å². The fourth-order valence-corrected chi connectivity index (χ4v) is 5.94. The Kier molecular flexibility index (Phi) is 11.1. The van der Waals surface area contributed by atoms with E-state index in [0.717, 1.165) is 37.4 Å². The van der Waals surface area contributed by atoms with Gasteiger partial charge in [-0.1, -0.05) is 36.4 Å². The molecule has 0 radical (unpaired) electrons. The summed E-state index contributed by atoms with van der Waals surface area (Å²) in [5, 5.41) is 28.4. The van der Waals surface area contributed by atoms with Gasteiger partial charge in [-0.05, 0) is 69.6 Å². The van der Waals surface area contributed by atoms with Crippen molar-refractivity contribution in [1.82, 2.24) is 20.1 Å². The molecule has 1 fully saturated rings. The second-order valence-electron chi connectivity index (χ2n) is 9.95. The lowest BCUT2D eigenvalue weighted by Gasteiger charge is -2.16. The van der Waals surface area contributed by atoms with E-state index in [-0.39, 0.29) is 34.9 Å². The van der Waals surface area contributed by atoms with E-state index in [1.165, 1.54) is 23.6 Å². The number of likely N-dealkylation sites (tertiary alicyclic amines) is 1. The average Bonchev–Trinajstić information content (AvgIpc) is 3.65. The predicted octanol–water partition coefficient (Wildman–Crippen LogP) is 1.52. The van der Waals surface area contributed by atoms with Gasteiger partial charge in [-0.15, -0.1) is 11.3 Å². The topological polar surface area (TPSA) is 139 Å². The Hall–Kier alpha value is -4.24. The molecule has 11 heteroatoms. The minimum absolute atomic E-state index is 0.164. The van der Waals surface area contributed by atoms with E-state index < -0.39 is 11.9 Å². The zero-order valence-electron chi connectivity index (χ0n) is 23.6. The van der Waals surface area contributed by atoms with Crippen LogP contribution < -0.4 is 30.7 Å². The van der Waals surface area contributed by atoms with Gasteiger partial charge in [0.15, 0.2) is 5.57 Å². The Morgan fingerprint density at radius 1 is 1.14 bits per heavy atom. The van der Waals surface area contributed by atoms with Gasteiger partial charge in [0.2, 0.25) is 0 Å². The van der Waals surface area contributed by atoms with Gasteiger partial charge >= 0.3 is 0 Å². The molecule has 42 heavy (non-hydrogen) atoms. The second kappa shape index (κ2) is 15.1. The van der Waals surface area contributed by atoms with Crippen LogP contribution in [0.25, 0.3) is 11.8 Å². The quantitative estimate of drug-likeness (QED) is 0.235. The van der Waals surface area contributed by atoms with Crippen molar-refractivity contribution in [1.29, 1.82) is 5.26 Å². The molecule has 0 aliphatic carbocycles. The van der Waals surface area contributed by atoms with Crippen LogP contribution in [-0.2, 0) is 11.3 Å². The van der Waals surface area contributed by atoms with Crippen LogP contribution in [0.5, 0.6) is 0 Å². The first-order chi connectivity index (χ1) is 20.4. The normalized spacial score (nSPS) is 15.1. The summed E-state index contributed by atoms with van der Waals surface area (Å²) >= 11 is 1.02. The summed E-state index contributed by atoms with van der Waals surface area (Å²) in [6, 6.07) is 17.2. The third kappa shape index (κ3) is 7.73. The van der Waals surface area contributed by atoms with Crippen LogP contribution in [0.3, 0.4) is 0 Å². The molecule has 1 atom stereocenters. The van der Waals surface area contributed by atoms with Gasteiger partial charge in [0, 0.05) is 30.5 Å². The van der Waals surface area contributed by atoms with Crippen molar-refractivity contribution in [3.8, 4) is 6.07 Å². The number of rotatable bonds is 12. The largest absolute Gasteiger partial charge is 0.394 e. The fraction of sp³-hybridized carbons (Fsp3) is 0.355. The van der Waals surface area contributed by atoms with Crippen molar-refractivity contribution >= 4 is 40.6 Å². The van der Waals surface area contributed by atoms with E-state index in [4.69, 9.17) is 0 Å². The highest BCUT2D eigenvalue weighted by molar-refractivity contribution is 7.07. The van der Waals surface area contributed by atoms with Crippen molar-refractivity contribution in [2.45, 2.75) is 38.8 Å². The maximum absolute atomic E-state index is 13.1. The maximum Gasteiger partial charge on any atom is 0.270 e. The maximum atomic E-state index is 13.1. The summed E-state index contributed by atoms with van der Waals surface area (Å²) in [4.78, 5) is 41.3. The predicted molar refractivity (Wildman–Crippen MR) is 164 cm³/mol. The number of anilines is 1. The summed E-state index contributed by atoms with van der Waals surface area (Å²) in [6.45, 7) is 5.52. The van der Waals surface area contributed by atoms with Gasteiger partial charge in [0.25, 0.3) is 17.4 Å². The molecule has 0 bridgehead atoms. The monoisotopic (exact) mass is 588 g/mol. The lowest BCUT2D eigenvalue weighted by Crippen LogP contribution is -2.36. The lowest BCUT2D eigenvalue weighted by molar-refractivity contribution is -0.116. The summed E-state index contributed by atoms with van der Waals surface area (Å²) in [5.74, 6) is -0.842. The first kappa shape index (κ1) is 30.7. The number of aliphatic hydroxyl groups excluding tert-OH is 1. The molecule has 0 spiro atoms. The Morgan fingerprint density at radius 2 is 1.90 bits per heavy atom. The number of carbonyl (C=O) groups is 2. The number of hydrogen-bond donors (Lipinski definition) is 4. The average molecular weight is 589 g/mol. The number of carbonyl (C=O) groups excluding carboxylic acids is 2. The minimum atomic E-state index is -0.703. The Bertz CT molecular complexity index is 1600. The lowest BCUT2D eigenvalue weighted by atomic mass is 10.1. The van der Waals surface area contributed by atoms with Gasteiger partial charge in [-0.3, -0.25) is 19.0 Å². The number of thiazole rings is 1. The second-order valence-corrected chi connectivity index (χ2v) is 11.0. The first-order valence-corrected chi connectivity index (χ1v) is 14.9. The molecule has 10 nitrogen and oxygen atoms in total. The van der Waals surface area contributed by atoms with E-state index in [1.54, 1.807) is 55.5 Å². The summed E-state index contributed by atoms with van der Waals surface area (Å²) < 4.78 is 1.90. The molecule has 1 aliphatic heterocycles. The molecule has 0 saturated carbocycles. The molecule has 0 unspecified atom stereocenters. The number of hydrogen-bond acceptors (Lipinski definition) is 8. The number of aliphatic hydroxyl groups is 1. The molecular formula is C31H36N6O4S. The number of benzene rings is 2. The van der Waals surface area contributed by atoms with Crippen LogP contribution in [0.1, 0.15) is 48.1 Å². The van der Waals surface area contributed by atoms with Crippen molar-refractivity contribution < 1.29 is 14.7 Å². The molecule has 1 aliphatic rings. The number of nitrogens with zero attached hydrogens (tertiary/aromatic N) is 3. The minimum Gasteiger partial charge on any atom is -0.394 e. The summed E-state index contributed by atoms with van der Waals surface area (Å²) in [7, 11) is 0. The van der Waals surface area contributed by atoms with Gasteiger partial charge < -0.3 is 26.0 Å². The zero-order valence-corrected chi connectivity index (χ0v) is 24.5. The Morgan fingerprint density at radius 3 is 2.60 bits per heavy atom. The molecular weight excluding hydrogens is 552 g/mol. The SMILES string of the molecule is CCn1c(=O)/c(=C\Nc2cccc(C(=O)NCCCN3CCCC3)c2)s/c1=C(/C#N)C(=O)N[C@@H](CO)c1ccccc1. The standard InChI is InChI=1S/C31H36N6O4S/c1-2-37-30(41)27(42-31(37)25(19-32)29(40)35-26(21-38)22-10-4-3-5-11-22)20-34-24-13-8-12-23(18-24)28(39)33-14-9-17-36-15-6-7-16-36/h3-5,8,10-13,18,20,26,34,38H,2,6-7,9,14-17,21H2,1H3,(H,33,39)(H,35,40)/b27-20+,31-25-/t26-/m0/s1. The summed E-state index contributed by atoms with van der Waals surface area (Å²) in [5.41, 5.74) is 1.26. The molecule has 1 aromatic heterocycles. The van der Waals surface area contributed by atoms with Crippen LogP contribution in [0, 0.1) is 11.3 Å². The van der Waals surface area contributed by atoms with E-state index in [1.807, 2.05) is 12.1 Å². The Balaban J connectivity index is 1.50. The van der Waals surface area contributed by atoms with Gasteiger partial charge in [0.1, 0.15) is 15.3 Å². The van der Waals surface area contributed by atoms with E-state index in [2.05, 4.69) is 20.9 Å². The summed E-state index contributed by atoms with van der Waals surface area (Å²) in [6.07, 6.45) is 4.90. The fourth-order valence-electron chi connectivity index (χ4n) is 4.85. The highest BCUT2D eigenvalue weighted by atomic mass is 32.1. The van der Waals surface area contributed by atoms with Crippen molar-refractivity contribution in [3.63, 3.8) is 0 Å². The van der Waals surface area contributed by atoms with Crippen molar-refractivity contribution in [2.24, 2.45) is 0 Å². The van der Waals surface area contributed by atoms with E-state index >= 15 is 0 Å². The third-order valence-corrected chi connectivity index (χ3v) is 8.23. The highest BCUT2D eigenvalue weighted by Crippen LogP contribution is 2.13. The van der Waals surface area contributed by atoms with Crippen LogP contribution in [0.4, 0.5) is 5.69 Å².